The molecule has 0 amide bonds. The zero-order valence-electron chi connectivity index (χ0n) is 21.7. The lowest BCUT2D eigenvalue weighted by molar-refractivity contribution is 0.131. The van der Waals surface area contributed by atoms with Gasteiger partial charge in [0.1, 0.15) is 0 Å². The van der Waals surface area contributed by atoms with Crippen LogP contribution in [0, 0.1) is 12.8 Å². The molecule has 0 aliphatic heterocycles. The molecule has 3 nitrogen and oxygen atoms in total. The van der Waals surface area contributed by atoms with Crippen LogP contribution < -0.4 is 0 Å². The van der Waals surface area contributed by atoms with Gasteiger partial charge in [0, 0.05) is 39.1 Å². The summed E-state index contributed by atoms with van der Waals surface area (Å²) < 4.78 is 10.7. The van der Waals surface area contributed by atoms with Gasteiger partial charge in [-0.25, -0.2) is 0 Å². The number of ether oxygens (including phenoxy) is 2. The Balaban J connectivity index is -0.000000471. The molecule has 1 aromatic carbocycles. The maximum absolute atomic E-state index is 5.45. The van der Waals surface area contributed by atoms with Crippen molar-refractivity contribution in [2.75, 3.05) is 33.5 Å². The molecular formula is C28H51NO2. The summed E-state index contributed by atoms with van der Waals surface area (Å²) in [6, 6.07) is 10.5. The van der Waals surface area contributed by atoms with Crippen LogP contribution >= 0.6 is 0 Å². The first-order valence-corrected chi connectivity index (χ1v) is 12.0. The number of unbranched alkanes of at least 4 members (excludes halogenated alkanes) is 2. The Morgan fingerprint density at radius 2 is 1.39 bits per heavy atom. The Bertz CT molecular complexity index is 476. The molecule has 0 saturated carbocycles. The first-order valence-electron chi connectivity index (χ1n) is 12.0. The van der Waals surface area contributed by atoms with E-state index in [1.807, 2.05) is 6.07 Å². The average Bonchev–Trinajstić information content (AvgIpc) is 2.79. The van der Waals surface area contributed by atoms with Crippen molar-refractivity contribution in [2.24, 2.45) is 0 Å². The number of terminal acetylenes is 1. The van der Waals surface area contributed by atoms with Crippen molar-refractivity contribution in [1.29, 1.82) is 0 Å². The summed E-state index contributed by atoms with van der Waals surface area (Å²) in [6.45, 7) is 17.2. The zero-order chi connectivity index (χ0) is 24.2. The quantitative estimate of drug-likeness (QED) is 0.235. The van der Waals surface area contributed by atoms with E-state index < -0.39 is 0 Å². The van der Waals surface area contributed by atoms with Gasteiger partial charge in [0.15, 0.2) is 0 Å². The van der Waals surface area contributed by atoms with E-state index in [4.69, 9.17) is 9.47 Å². The van der Waals surface area contributed by atoms with Gasteiger partial charge in [-0.2, -0.15) is 0 Å². The molecule has 0 saturated heterocycles. The summed E-state index contributed by atoms with van der Waals surface area (Å²) in [5, 5.41) is 0. The van der Waals surface area contributed by atoms with E-state index >= 15 is 0 Å². The van der Waals surface area contributed by atoms with Crippen LogP contribution in [-0.4, -0.2) is 38.4 Å². The van der Waals surface area contributed by atoms with Gasteiger partial charge in [-0.05, 0) is 37.8 Å². The molecule has 1 aromatic rings. The molecule has 0 unspecified atom stereocenters. The van der Waals surface area contributed by atoms with E-state index in [0.717, 1.165) is 39.2 Å². The number of hydrogen-bond acceptors (Lipinski definition) is 3. The molecule has 0 spiro atoms. The van der Waals surface area contributed by atoms with Gasteiger partial charge >= 0.3 is 0 Å². The summed E-state index contributed by atoms with van der Waals surface area (Å²) in [6.07, 6.45) is 17.4. The Kier molecular flexibility index (Phi) is 33.2. The lowest BCUT2D eigenvalue weighted by Gasteiger charge is -2.20. The molecule has 0 aromatic heterocycles. The third-order valence-corrected chi connectivity index (χ3v) is 3.95. The van der Waals surface area contributed by atoms with Gasteiger partial charge in [-0.1, -0.05) is 84.2 Å². The summed E-state index contributed by atoms with van der Waals surface area (Å²) in [4.78, 5) is 2.24. The number of nitrogens with zero attached hydrogens (tertiary/aromatic N) is 1. The second kappa shape index (κ2) is 30.4. The fourth-order valence-electron chi connectivity index (χ4n) is 2.25. The van der Waals surface area contributed by atoms with Crippen LogP contribution in [0.1, 0.15) is 85.6 Å². The molecule has 0 atom stereocenters. The molecule has 0 fully saturated rings. The molecule has 1 rings (SSSR count). The molecule has 0 aliphatic carbocycles. The van der Waals surface area contributed by atoms with Gasteiger partial charge in [-0.15, -0.1) is 12.8 Å². The van der Waals surface area contributed by atoms with Crippen molar-refractivity contribution in [3.63, 3.8) is 0 Å². The van der Waals surface area contributed by atoms with E-state index in [0.29, 0.717) is 6.61 Å². The third-order valence-electron chi connectivity index (χ3n) is 3.95. The molecule has 0 radical (unpaired) electrons. The number of hydrogen-bond donors (Lipinski definition) is 0. The maximum atomic E-state index is 5.45. The highest BCUT2D eigenvalue weighted by atomic mass is 16.5. The van der Waals surface area contributed by atoms with E-state index in [2.05, 4.69) is 96.7 Å². The van der Waals surface area contributed by atoms with Crippen molar-refractivity contribution < 1.29 is 9.47 Å². The highest BCUT2D eigenvalue weighted by molar-refractivity contribution is 5.15. The Morgan fingerprint density at radius 1 is 0.839 bits per heavy atom. The Labute approximate surface area is 195 Å². The van der Waals surface area contributed by atoms with E-state index in [-0.39, 0.29) is 0 Å². The highest BCUT2D eigenvalue weighted by Gasteiger charge is 1.99. The molecule has 180 valence electrons. The molecule has 3 heteroatoms. The minimum Gasteiger partial charge on any atom is -0.381 e. The Hall–Kier alpha value is -1.76. The smallest absolute Gasteiger partial charge is 0.0666 e. The normalized spacial score (nSPS) is 9.90. The van der Waals surface area contributed by atoms with Gasteiger partial charge in [0.25, 0.3) is 0 Å². The van der Waals surface area contributed by atoms with Crippen molar-refractivity contribution in [1.82, 2.24) is 4.90 Å². The predicted octanol–water partition coefficient (Wildman–Crippen LogP) is 7.72. The highest BCUT2D eigenvalue weighted by Crippen LogP contribution is 2.08. The summed E-state index contributed by atoms with van der Waals surface area (Å²) >= 11 is 0. The predicted molar refractivity (Wildman–Crippen MR) is 139 cm³/mol. The molecule has 0 bridgehead atoms. The molecular weight excluding hydrogens is 382 g/mol. The van der Waals surface area contributed by atoms with Crippen LogP contribution in [0.2, 0.25) is 0 Å². The summed E-state index contributed by atoms with van der Waals surface area (Å²) in [7, 11) is 2.11. The van der Waals surface area contributed by atoms with Crippen molar-refractivity contribution in [3.05, 3.63) is 47.7 Å². The van der Waals surface area contributed by atoms with Crippen LogP contribution in [0.15, 0.2) is 42.1 Å². The van der Waals surface area contributed by atoms with Crippen molar-refractivity contribution in [3.8, 4) is 12.8 Å². The topological polar surface area (TPSA) is 21.7 Å². The number of rotatable bonds is 13. The average molecular weight is 434 g/mol. The second-order valence-corrected chi connectivity index (χ2v) is 7.29. The lowest BCUT2D eigenvalue weighted by atomic mass is 10.2. The van der Waals surface area contributed by atoms with Crippen LogP contribution in [-0.2, 0) is 16.0 Å². The summed E-state index contributed by atoms with van der Waals surface area (Å²) in [5.41, 5.74) is 2.59. The third kappa shape index (κ3) is 28.2. The van der Waals surface area contributed by atoms with E-state index in [1.54, 1.807) is 0 Å². The first kappa shape index (κ1) is 33.9. The van der Waals surface area contributed by atoms with Crippen molar-refractivity contribution >= 4 is 0 Å². The monoisotopic (exact) mass is 433 g/mol. The fraction of sp³-hybridized carbons (Fsp3) is 0.643. The van der Waals surface area contributed by atoms with Crippen LogP contribution in [0.5, 0.6) is 0 Å². The minimum atomic E-state index is 0.707. The largest absolute Gasteiger partial charge is 0.381 e. The number of benzene rings is 1. The van der Waals surface area contributed by atoms with Crippen LogP contribution in [0.4, 0.5) is 0 Å². The molecule has 0 aliphatic rings. The van der Waals surface area contributed by atoms with Gasteiger partial charge in [0.05, 0.1) is 6.61 Å². The fourth-order valence-corrected chi connectivity index (χ4v) is 2.25. The van der Waals surface area contributed by atoms with E-state index in [1.165, 1.54) is 36.9 Å². The number of allylic oxidation sites excluding steroid dienone is 1. The van der Waals surface area contributed by atoms with Crippen LogP contribution in [0.25, 0.3) is 0 Å². The maximum Gasteiger partial charge on any atom is 0.0666 e. The first-order chi connectivity index (χ1) is 15.1. The minimum absolute atomic E-state index is 0.707. The lowest BCUT2D eigenvalue weighted by Crippen LogP contribution is -2.15. The standard InChI is InChI=1S/C15H23NO.C8H18O.C3H8.C2H2/c1-4-11-17-12-10-14(2)16(3)13-15-8-6-5-7-9-15;1-3-5-6-8-9-7-4-2;1-3-2;1-2/h5-10H,4,11-13H2,1-3H3;3-8H2,1-2H3;3H2,1-2H3;1-2H/b14-10-;;;. The van der Waals surface area contributed by atoms with Crippen molar-refractivity contribution in [2.45, 2.75) is 86.6 Å². The van der Waals surface area contributed by atoms with Gasteiger partial charge in [0.2, 0.25) is 0 Å². The summed E-state index contributed by atoms with van der Waals surface area (Å²) in [5.74, 6) is 0. The SMILES string of the molecule is C#C.CCC.CCCCCOCCC.CCCOC/C=C(/C)N(C)Cc1ccccc1. The van der Waals surface area contributed by atoms with E-state index in [9.17, 15) is 0 Å². The van der Waals surface area contributed by atoms with Gasteiger partial charge in [-0.3, -0.25) is 0 Å². The zero-order valence-corrected chi connectivity index (χ0v) is 21.7. The van der Waals surface area contributed by atoms with Crippen LogP contribution in [0.3, 0.4) is 0 Å². The van der Waals surface area contributed by atoms with Gasteiger partial charge < -0.3 is 14.4 Å². The molecule has 0 N–H and O–H groups in total. The Morgan fingerprint density at radius 3 is 1.90 bits per heavy atom. The molecule has 31 heavy (non-hydrogen) atoms. The second-order valence-electron chi connectivity index (χ2n) is 7.29. The molecule has 0 heterocycles.